The maximum atomic E-state index is 11.9. The highest BCUT2D eigenvalue weighted by Crippen LogP contribution is 2.32. The molecule has 20 heavy (non-hydrogen) atoms. The quantitative estimate of drug-likeness (QED) is 0.678. The lowest BCUT2D eigenvalue weighted by molar-refractivity contribution is -0.142. The van der Waals surface area contributed by atoms with Crippen LogP contribution in [-0.2, 0) is 14.3 Å². The Balaban J connectivity index is 2.68. The summed E-state index contributed by atoms with van der Waals surface area (Å²) >= 11 is 7.68. The number of carboxylic acids is 1. The van der Waals surface area contributed by atoms with Crippen LogP contribution in [0.2, 0.25) is 0 Å². The third-order valence-corrected chi connectivity index (χ3v) is 5.59. The lowest BCUT2D eigenvalue weighted by Crippen LogP contribution is -2.40. The lowest BCUT2D eigenvalue weighted by atomic mass is 10.1. The first-order chi connectivity index (χ1) is 9.35. The van der Waals surface area contributed by atoms with Gasteiger partial charge in [0.1, 0.15) is 6.04 Å². The average Bonchev–Trinajstić information content (AvgIpc) is 2.73. The second kappa shape index (κ2) is 7.75. The molecule has 1 heterocycles. The van der Waals surface area contributed by atoms with Crippen molar-refractivity contribution in [1.29, 1.82) is 0 Å². The van der Waals surface area contributed by atoms with E-state index in [-0.39, 0.29) is 12.8 Å². The zero-order valence-corrected chi connectivity index (χ0v) is 14.3. The molecule has 6 nitrogen and oxygen atoms in total. The number of halogens is 2. The summed E-state index contributed by atoms with van der Waals surface area (Å²) in [5, 5.41) is 11.4. The zero-order valence-electron chi connectivity index (χ0n) is 10.3. The van der Waals surface area contributed by atoms with Crippen molar-refractivity contribution in [2.75, 3.05) is 7.11 Å². The van der Waals surface area contributed by atoms with E-state index in [0.29, 0.717) is 9.35 Å². The Morgan fingerprint density at radius 3 is 2.55 bits per heavy atom. The van der Waals surface area contributed by atoms with E-state index in [1.807, 2.05) is 0 Å². The molecule has 0 saturated carbocycles. The van der Waals surface area contributed by atoms with E-state index < -0.39 is 23.9 Å². The minimum Gasteiger partial charge on any atom is -0.480 e. The second-order valence-corrected chi connectivity index (χ2v) is 6.94. The summed E-state index contributed by atoms with van der Waals surface area (Å²) in [5.41, 5.74) is 0. The predicted molar refractivity (Wildman–Crippen MR) is 79.9 cm³/mol. The van der Waals surface area contributed by atoms with E-state index in [0.717, 1.165) is 3.79 Å². The van der Waals surface area contributed by atoms with Crippen molar-refractivity contribution in [3.63, 3.8) is 0 Å². The summed E-state index contributed by atoms with van der Waals surface area (Å²) in [6.45, 7) is 0. The Morgan fingerprint density at radius 1 is 1.45 bits per heavy atom. The predicted octanol–water partition coefficient (Wildman–Crippen LogP) is 2.41. The van der Waals surface area contributed by atoms with Gasteiger partial charge in [0.15, 0.2) is 0 Å². The molecular weight excluding hydrogens is 418 g/mol. The molecule has 0 saturated heterocycles. The number of thiophene rings is 1. The minimum atomic E-state index is -1.20. The average molecular weight is 429 g/mol. The van der Waals surface area contributed by atoms with Gasteiger partial charge in [-0.05, 0) is 44.3 Å². The van der Waals surface area contributed by atoms with Crippen LogP contribution in [0.3, 0.4) is 0 Å². The summed E-state index contributed by atoms with van der Waals surface area (Å²) in [7, 11) is 1.22. The van der Waals surface area contributed by atoms with Gasteiger partial charge in [-0.15, -0.1) is 11.3 Å². The molecule has 0 spiro atoms. The molecule has 1 amide bonds. The molecule has 0 aliphatic rings. The number of rotatable bonds is 6. The van der Waals surface area contributed by atoms with E-state index >= 15 is 0 Å². The third kappa shape index (κ3) is 4.88. The molecule has 0 aromatic carbocycles. The molecule has 0 aliphatic heterocycles. The van der Waals surface area contributed by atoms with Crippen molar-refractivity contribution in [2.45, 2.75) is 18.9 Å². The lowest BCUT2D eigenvalue weighted by Gasteiger charge is -2.13. The number of carboxylic acid groups (broad SMARTS) is 1. The van der Waals surface area contributed by atoms with Crippen molar-refractivity contribution in [3.05, 3.63) is 19.2 Å². The number of aliphatic carboxylic acids is 1. The van der Waals surface area contributed by atoms with E-state index in [9.17, 15) is 14.4 Å². The molecule has 1 aromatic heterocycles. The number of ether oxygens (including phenoxy) is 1. The van der Waals surface area contributed by atoms with Gasteiger partial charge in [0.25, 0.3) is 5.91 Å². The fourth-order valence-corrected chi connectivity index (χ4v) is 3.25. The highest BCUT2D eigenvalue weighted by Gasteiger charge is 2.23. The number of nitrogens with one attached hydrogen (secondary N) is 1. The largest absolute Gasteiger partial charge is 0.480 e. The Morgan fingerprint density at radius 2 is 2.10 bits per heavy atom. The van der Waals surface area contributed by atoms with Crippen LogP contribution in [0.4, 0.5) is 0 Å². The number of carbonyl (C=O) groups excluding carboxylic acids is 2. The van der Waals surface area contributed by atoms with Crippen molar-refractivity contribution in [1.82, 2.24) is 5.32 Å². The number of hydrogen-bond donors (Lipinski definition) is 2. The Hall–Kier alpha value is -0.930. The fourth-order valence-electron chi connectivity index (χ4n) is 1.31. The van der Waals surface area contributed by atoms with E-state index in [4.69, 9.17) is 5.11 Å². The van der Waals surface area contributed by atoms with Gasteiger partial charge < -0.3 is 15.2 Å². The number of esters is 1. The monoisotopic (exact) mass is 427 g/mol. The SMILES string of the molecule is COC(=O)CC[C@H](NC(=O)c1cc(Br)c(Br)s1)C(=O)O. The highest BCUT2D eigenvalue weighted by atomic mass is 79.9. The van der Waals surface area contributed by atoms with E-state index in [1.54, 1.807) is 6.07 Å². The van der Waals surface area contributed by atoms with Crippen molar-refractivity contribution < 1.29 is 24.2 Å². The zero-order chi connectivity index (χ0) is 15.3. The molecule has 110 valence electrons. The summed E-state index contributed by atoms with van der Waals surface area (Å²) in [6, 6.07) is 0.449. The molecule has 9 heteroatoms. The van der Waals surface area contributed by atoms with Crippen molar-refractivity contribution >= 4 is 61.0 Å². The first-order valence-corrected chi connectivity index (χ1v) is 7.80. The maximum Gasteiger partial charge on any atom is 0.326 e. The van der Waals surface area contributed by atoms with Crippen LogP contribution in [0, 0.1) is 0 Å². The minimum absolute atomic E-state index is 0.0263. The van der Waals surface area contributed by atoms with Crippen LogP contribution in [0.25, 0.3) is 0 Å². The van der Waals surface area contributed by atoms with E-state index in [1.165, 1.54) is 18.4 Å². The first-order valence-electron chi connectivity index (χ1n) is 5.40. The molecule has 2 N–H and O–H groups in total. The number of methoxy groups -OCH3 is 1. The summed E-state index contributed by atoms with van der Waals surface area (Å²) in [4.78, 5) is 34.3. The second-order valence-electron chi connectivity index (χ2n) is 3.71. The standard InChI is InChI=1S/C11H11Br2NO5S/c1-19-8(15)3-2-6(11(17)18)14-10(16)7-4-5(12)9(13)20-7/h4,6H,2-3H2,1H3,(H,14,16)(H,17,18)/t6-/m0/s1. The molecule has 0 bridgehead atoms. The molecule has 0 radical (unpaired) electrons. The summed E-state index contributed by atoms with van der Waals surface area (Å²) in [5.74, 6) is -2.22. The highest BCUT2D eigenvalue weighted by molar-refractivity contribution is 9.13. The van der Waals surface area contributed by atoms with Crippen LogP contribution in [0.5, 0.6) is 0 Å². The Bertz CT molecular complexity index is 511. The van der Waals surface area contributed by atoms with E-state index in [2.05, 4.69) is 41.9 Å². The summed E-state index contributed by atoms with van der Waals surface area (Å²) < 4.78 is 5.89. The third-order valence-electron chi connectivity index (χ3n) is 2.34. The smallest absolute Gasteiger partial charge is 0.326 e. The van der Waals surface area contributed by atoms with Gasteiger partial charge in [0.2, 0.25) is 0 Å². The first kappa shape index (κ1) is 17.1. The number of hydrogen-bond acceptors (Lipinski definition) is 5. The molecule has 0 fully saturated rings. The summed E-state index contributed by atoms with van der Waals surface area (Å²) in [6.07, 6.45) is -0.104. The Kier molecular flexibility index (Phi) is 6.63. The topological polar surface area (TPSA) is 92.7 Å². The van der Waals surface area contributed by atoms with Crippen LogP contribution in [-0.4, -0.2) is 36.1 Å². The van der Waals surface area contributed by atoms with Gasteiger partial charge in [-0.3, -0.25) is 9.59 Å². The Labute approximate surface area is 135 Å². The van der Waals surface area contributed by atoms with Gasteiger partial charge in [0.05, 0.1) is 15.8 Å². The van der Waals surface area contributed by atoms with Crippen molar-refractivity contribution in [2.24, 2.45) is 0 Å². The number of amides is 1. The molecule has 0 unspecified atom stereocenters. The van der Waals surface area contributed by atoms with Gasteiger partial charge in [-0.25, -0.2) is 4.79 Å². The molecule has 1 rings (SSSR count). The molecule has 1 atom stereocenters. The van der Waals surface area contributed by atoms with Crippen molar-refractivity contribution in [3.8, 4) is 0 Å². The van der Waals surface area contributed by atoms with Gasteiger partial charge in [0, 0.05) is 10.9 Å². The van der Waals surface area contributed by atoms with Crippen LogP contribution in [0.15, 0.2) is 14.3 Å². The van der Waals surface area contributed by atoms with Gasteiger partial charge in [-0.1, -0.05) is 0 Å². The van der Waals surface area contributed by atoms with Crippen LogP contribution >= 0.6 is 43.2 Å². The van der Waals surface area contributed by atoms with Gasteiger partial charge in [-0.2, -0.15) is 0 Å². The number of carbonyl (C=O) groups is 3. The van der Waals surface area contributed by atoms with Crippen LogP contribution in [0.1, 0.15) is 22.5 Å². The molecule has 0 aliphatic carbocycles. The fraction of sp³-hybridized carbons (Fsp3) is 0.364. The molecular formula is C11H11Br2NO5S. The van der Waals surface area contributed by atoms with Crippen LogP contribution < -0.4 is 5.32 Å². The maximum absolute atomic E-state index is 11.9. The molecule has 1 aromatic rings. The van der Waals surface area contributed by atoms with Gasteiger partial charge >= 0.3 is 11.9 Å². The normalized spacial score (nSPS) is 11.8.